The molecule has 0 saturated carbocycles. The van der Waals surface area contributed by atoms with Crippen LogP contribution in [0.3, 0.4) is 0 Å². The van der Waals surface area contributed by atoms with Gasteiger partial charge in [-0.15, -0.1) is 0 Å². The Bertz CT molecular complexity index is 566. The Morgan fingerprint density at radius 1 is 1.39 bits per heavy atom. The number of nitrogens with zero attached hydrogens (tertiary/aromatic N) is 2. The number of carboxylic acids is 1. The molecule has 1 heterocycles. The summed E-state index contributed by atoms with van der Waals surface area (Å²) in [5, 5.41) is 23.6. The molecule has 0 amide bonds. The van der Waals surface area contributed by atoms with E-state index in [2.05, 4.69) is 15.3 Å². The van der Waals surface area contributed by atoms with E-state index < -0.39 is 18.1 Å². The SMILES string of the molecule is C[C@@H](O)[C@H](Nc1ncnc2ccccc12)C(=O)[O-]. The van der Waals surface area contributed by atoms with Crippen LogP contribution in [-0.2, 0) is 4.79 Å². The zero-order valence-electron chi connectivity index (χ0n) is 9.70. The van der Waals surface area contributed by atoms with Gasteiger partial charge in [-0.05, 0) is 19.1 Å². The van der Waals surface area contributed by atoms with Crippen molar-refractivity contribution in [3.05, 3.63) is 30.6 Å². The average Bonchev–Trinajstić information content (AvgIpc) is 2.35. The van der Waals surface area contributed by atoms with Gasteiger partial charge in [-0.25, -0.2) is 9.97 Å². The first-order valence-electron chi connectivity index (χ1n) is 5.45. The molecule has 2 N–H and O–H groups in total. The van der Waals surface area contributed by atoms with Crippen LogP contribution in [0.1, 0.15) is 6.92 Å². The lowest BCUT2D eigenvalue weighted by Gasteiger charge is -2.23. The van der Waals surface area contributed by atoms with Gasteiger partial charge in [0.2, 0.25) is 0 Å². The number of aromatic nitrogens is 2. The minimum Gasteiger partial charge on any atom is -0.548 e. The molecule has 1 aromatic carbocycles. The first-order chi connectivity index (χ1) is 8.59. The summed E-state index contributed by atoms with van der Waals surface area (Å²) < 4.78 is 0. The van der Waals surface area contributed by atoms with Gasteiger partial charge in [-0.2, -0.15) is 0 Å². The monoisotopic (exact) mass is 246 g/mol. The number of aliphatic carboxylic acids is 1. The molecule has 2 rings (SSSR count). The molecule has 0 radical (unpaired) electrons. The number of anilines is 1. The summed E-state index contributed by atoms with van der Waals surface area (Å²) in [6, 6.07) is 5.96. The highest BCUT2D eigenvalue weighted by Gasteiger charge is 2.17. The zero-order chi connectivity index (χ0) is 13.1. The molecule has 6 heteroatoms. The maximum absolute atomic E-state index is 10.9. The number of fused-ring (bicyclic) bond motifs is 1. The molecule has 18 heavy (non-hydrogen) atoms. The highest BCUT2D eigenvalue weighted by Crippen LogP contribution is 2.19. The number of aliphatic hydroxyl groups excluding tert-OH is 1. The summed E-state index contributed by atoms with van der Waals surface area (Å²) in [6.07, 6.45) is 0.239. The van der Waals surface area contributed by atoms with Crippen LogP contribution >= 0.6 is 0 Å². The number of carbonyl (C=O) groups excluding carboxylic acids is 1. The Hall–Kier alpha value is -2.21. The van der Waals surface area contributed by atoms with Crippen molar-refractivity contribution in [2.45, 2.75) is 19.1 Å². The van der Waals surface area contributed by atoms with Crippen LogP contribution in [0, 0.1) is 0 Å². The summed E-state index contributed by atoms with van der Waals surface area (Å²) in [5.74, 6) is -1.02. The van der Waals surface area contributed by atoms with Crippen molar-refractivity contribution >= 4 is 22.7 Å². The molecule has 0 fully saturated rings. The normalized spacial score (nSPS) is 14.1. The van der Waals surface area contributed by atoms with Gasteiger partial charge in [0.05, 0.1) is 23.6 Å². The van der Waals surface area contributed by atoms with Gasteiger partial charge < -0.3 is 20.3 Å². The quantitative estimate of drug-likeness (QED) is 0.757. The minimum atomic E-state index is -1.38. The van der Waals surface area contributed by atoms with Gasteiger partial charge >= 0.3 is 0 Å². The summed E-state index contributed by atoms with van der Waals surface area (Å²) in [6.45, 7) is 1.37. The molecule has 1 aromatic heterocycles. The fraction of sp³-hybridized carbons (Fsp3) is 0.250. The van der Waals surface area contributed by atoms with Crippen molar-refractivity contribution in [1.29, 1.82) is 0 Å². The molecule has 6 nitrogen and oxygen atoms in total. The van der Waals surface area contributed by atoms with Gasteiger partial charge in [0, 0.05) is 5.39 Å². The molecule has 0 spiro atoms. The molecular weight excluding hydrogens is 234 g/mol. The van der Waals surface area contributed by atoms with Crippen molar-refractivity contribution in [3.63, 3.8) is 0 Å². The molecule has 94 valence electrons. The van der Waals surface area contributed by atoms with E-state index in [1.165, 1.54) is 13.3 Å². The zero-order valence-corrected chi connectivity index (χ0v) is 9.70. The Kier molecular flexibility index (Phi) is 3.38. The standard InChI is InChI=1S/C12H13N3O3/c1-7(16)10(12(17)18)15-11-8-4-2-3-5-9(8)13-6-14-11/h2-7,10,16H,1H3,(H,17,18)(H,13,14,15)/p-1/t7-,10+/m1/s1. The molecule has 0 aliphatic carbocycles. The van der Waals surface area contributed by atoms with Crippen LogP contribution in [0.5, 0.6) is 0 Å². The fourth-order valence-electron chi connectivity index (χ4n) is 1.64. The molecule has 0 bridgehead atoms. The summed E-state index contributed by atoms with van der Waals surface area (Å²) in [5.41, 5.74) is 0.692. The number of benzene rings is 1. The van der Waals surface area contributed by atoms with Crippen LogP contribution in [-0.4, -0.2) is 33.2 Å². The maximum atomic E-state index is 10.9. The van der Waals surface area contributed by atoms with E-state index in [-0.39, 0.29) is 0 Å². The number of para-hydroxylation sites is 1. The van der Waals surface area contributed by atoms with E-state index in [1.807, 2.05) is 6.07 Å². The third-order valence-electron chi connectivity index (χ3n) is 2.57. The van der Waals surface area contributed by atoms with E-state index in [1.54, 1.807) is 18.2 Å². The number of hydrogen-bond donors (Lipinski definition) is 2. The van der Waals surface area contributed by atoms with Crippen molar-refractivity contribution in [2.75, 3.05) is 5.32 Å². The van der Waals surface area contributed by atoms with Crippen LogP contribution < -0.4 is 10.4 Å². The molecule has 0 saturated heterocycles. The second-order valence-corrected chi connectivity index (χ2v) is 3.92. The van der Waals surface area contributed by atoms with Crippen LogP contribution in [0.15, 0.2) is 30.6 Å². The van der Waals surface area contributed by atoms with Crippen LogP contribution in [0.4, 0.5) is 5.82 Å². The van der Waals surface area contributed by atoms with Crippen molar-refractivity contribution < 1.29 is 15.0 Å². The summed E-state index contributed by atoms with van der Waals surface area (Å²) in [4.78, 5) is 19.0. The number of aliphatic hydroxyl groups is 1. The highest BCUT2D eigenvalue weighted by atomic mass is 16.4. The second kappa shape index (κ2) is 4.97. The predicted molar refractivity (Wildman–Crippen MR) is 63.6 cm³/mol. The van der Waals surface area contributed by atoms with E-state index in [9.17, 15) is 15.0 Å². The van der Waals surface area contributed by atoms with Crippen LogP contribution in [0.2, 0.25) is 0 Å². The number of nitrogens with one attached hydrogen (secondary N) is 1. The lowest BCUT2D eigenvalue weighted by molar-refractivity contribution is -0.308. The molecule has 0 aliphatic rings. The number of hydrogen-bond acceptors (Lipinski definition) is 6. The minimum absolute atomic E-state index is 0.357. The van der Waals surface area contributed by atoms with Crippen LogP contribution in [0.25, 0.3) is 10.9 Å². The van der Waals surface area contributed by atoms with Crippen molar-refractivity contribution in [3.8, 4) is 0 Å². The molecular formula is C12H12N3O3-. The highest BCUT2D eigenvalue weighted by molar-refractivity contribution is 5.90. The Morgan fingerprint density at radius 3 is 2.78 bits per heavy atom. The topological polar surface area (TPSA) is 98.2 Å². The summed E-state index contributed by atoms with van der Waals surface area (Å²) >= 11 is 0. The number of rotatable bonds is 4. The van der Waals surface area contributed by atoms with Gasteiger partial charge in [-0.3, -0.25) is 0 Å². The molecule has 0 unspecified atom stereocenters. The largest absolute Gasteiger partial charge is 0.548 e. The Labute approximate surface area is 103 Å². The molecule has 2 atom stereocenters. The van der Waals surface area contributed by atoms with E-state index in [4.69, 9.17) is 0 Å². The average molecular weight is 246 g/mol. The number of carbonyl (C=O) groups is 1. The van der Waals surface area contributed by atoms with E-state index in [0.717, 1.165) is 0 Å². The van der Waals surface area contributed by atoms with Gasteiger partial charge in [-0.1, -0.05) is 12.1 Å². The van der Waals surface area contributed by atoms with E-state index >= 15 is 0 Å². The Morgan fingerprint density at radius 2 is 2.11 bits per heavy atom. The van der Waals surface area contributed by atoms with E-state index in [0.29, 0.717) is 16.7 Å². The van der Waals surface area contributed by atoms with Gasteiger partial charge in [0.25, 0.3) is 0 Å². The smallest absolute Gasteiger partial charge is 0.137 e. The Balaban J connectivity index is 2.39. The summed E-state index contributed by atoms with van der Waals surface area (Å²) in [7, 11) is 0. The first kappa shape index (κ1) is 12.3. The first-order valence-corrected chi connectivity index (χ1v) is 5.45. The lowest BCUT2D eigenvalue weighted by atomic mass is 10.1. The van der Waals surface area contributed by atoms with Gasteiger partial charge in [0.15, 0.2) is 0 Å². The molecule has 0 aliphatic heterocycles. The van der Waals surface area contributed by atoms with Crippen molar-refractivity contribution in [1.82, 2.24) is 9.97 Å². The lowest BCUT2D eigenvalue weighted by Crippen LogP contribution is -2.47. The predicted octanol–water partition coefficient (Wildman–Crippen LogP) is -0.459. The number of carboxylic acid groups (broad SMARTS) is 1. The molecule has 2 aromatic rings. The van der Waals surface area contributed by atoms with Crippen molar-refractivity contribution in [2.24, 2.45) is 0 Å². The third kappa shape index (κ3) is 2.38. The second-order valence-electron chi connectivity index (χ2n) is 3.92. The third-order valence-corrected chi connectivity index (χ3v) is 2.57. The van der Waals surface area contributed by atoms with Gasteiger partial charge in [0.1, 0.15) is 12.1 Å². The maximum Gasteiger partial charge on any atom is 0.137 e. The fourth-order valence-corrected chi connectivity index (χ4v) is 1.64.